The van der Waals surface area contributed by atoms with Crippen molar-refractivity contribution < 1.29 is 7.27 Å². The summed E-state index contributed by atoms with van der Waals surface area (Å²) in [6.07, 6.45) is 0. The van der Waals surface area contributed by atoms with Gasteiger partial charge in [0.25, 0.3) is 0 Å². The molecule has 47 heavy (non-hydrogen) atoms. The standard InChI is InChI=1S/C46H28O.2H2/c1-2-13-31(14-3-1)43-36-18-8-10-20-38(36)44(39-21-11-9-19-37(39)43)32-24-22-30(23-25-32)40-28-42-46(35-17-7-6-16-34(35)40)45-33-15-5-4-12-29(33)26-27-41(45)47-42;;/h1-28H;2*1H. The van der Waals surface area contributed by atoms with Crippen LogP contribution in [0.2, 0.25) is 0 Å². The van der Waals surface area contributed by atoms with Gasteiger partial charge in [-0.2, -0.15) is 0 Å². The van der Waals surface area contributed by atoms with Crippen molar-refractivity contribution in [3.05, 3.63) is 170 Å². The van der Waals surface area contributed by atoms with Gasteiger partial charge < -0.3 is 4.42 Å². The van der Waals surface area contributed by atoms with Crippen molar-refractivity contribution in [2.24, 2.45) is 0 Å². The Morgan fingerprint density at radius 1 is 0.319 bits per heavy atom. The van der Waals surface area contributed by atoms with Gasteiger partial charge in [0, 0.05) is 13.6 Å². The lowest BCUT2D eigenvalue weighted by Crippen LogP contribution is -1.91. The van der Waals surface area contributed by atoms with Crippen molar-refractivity contribution in [3.63, 3.8) is 0 Å². The van der Waals surface area contributed by atoms with E-state index >= 15 is 0 Å². The molecule has 222 valence electrons. The molecule has 1 aromatic heterocycles. The highest BCUT2D eigenvalue weighted by Gasteiger charge is 2.19. The van der Waals surface area contributed by atoms with Gasteiger partial charge in [-0.05, 0) is 88.6 Å². The van der Waals surface area contributed by atoms with E-state index in [-0.39, 0.29) is 2.85 Å². The first-order chi connectivity index (χ1) is 23.3. The highest BCUT2D eigenvalue weighted by molar-refractivity contribution is 6.28. The van der Waals surface area contributed by atoms with Gasteiger partial charge in [0.2, 0.25) is 0 Å². The summed E-state index contributed by atoms with van der Waals surface area (Å²) in [4.78, 5) is 0. The fourth-order valence-electron chi connectivity index (χ4n) is 7.81. The van der Waals surface area contributed by atoms with Crippen molar-refractivity contribution >= 4 is 65.0 Å². The maximum Gasteiger partial charge on any atom is 0.136 e. The maximum absolute atomic E-state index is 6.57. The highest BCUT2D eigenvalue weighted by Crippen LogP contribution is 2.45. The lowest BCUT2D eigenvalue weighted by molar-refractivity contribution is 0.669. The van der Waals surface area contributed by atoms with Crippen LogP contribution in [0.4, 0.5) is 0 Å². The van der Waals surface area contributed by atoms with E-state index in [1.165, 1.54) is 87.2 Å². The third-order valence-electron chi connectivity index (χ3n) is 9.85. The quantitative estimate of drug-likeness (QED) is 0.184. The second-order valence-corrected chi connectivity index (χ2v) is 12.4. The smallest absolute Gasteiger partial charge is 0.136 e. The summed E-state index contributed by atoms with van der Waals surface area (Å²) >= 11 is 0. The summed E-state index contributed by atoms with van der Waals surface area (Å²) in [7, 11) is 0. The molecule has 10 rings (SSSR count). The van der Waals surface area contributed by atoms with Crippen LogP contribution in [0.1, 0.15) is 2.85 Å². The lowest BCUT2D eigenvalue weighted by atomic mass is 9.85. The van der Waals surface area contributed by atoms with E-state index in [0.29, 0.717) is 0 Å². The van der Waals surface area contributed by atoms with Gasteiger partial charge in [0.15, 0.2) is 0 Å². The molecular weight excluding hydrogens is 569 g/mol. The summed E-state index contributed by atoms with van der Waals surface area (Å²) in [5, 5.41) is 12.3. The van der Waals surface area contributed by atoms with E-state index in [2.05, 4.69) is 170 Å². The molecule has 0 saturated heterocycles. The van der Waals surface area contributed by atoms with E-state index in [1.54, 1.807) is 0 Å². The zero-order chi connectivity index (χ0) is 30.9. The second kappa shape index (κ2) is 10.2. The first-order valence-corrected chi connectivity index (χ1v) is 16.2. The fourth-order valence-corrected chi connectivity index (χ4v) is 7.81. The van der Waals surface area contributed by atoms with Gasteiger partial charge in [-0.15, -0.1) is 0 Å². The maximum atomic E-state index is 6.57. The Morgan fingerprint density at radius 2 is 0.787 bits per heavy atom. The minimum absolute atomic E-state index is 0. The SMILES string of the molecule is [HH].[HH].c1ccc(-c2c3ccccc3c(-c3ccc(-c4cc5oc6ccc7ccccc7c6c5c5ccccc45)cc3)c3ccccc23)cc1. The van der Waals surface area contributed by atoms with E-state index in [0.717, 1.165) is 11.2 Å². The molecule has 0 bridgehead atoms. The first kappa shape index (κ1) is 26.1. The summed E-state index contributed by atoms with van der Waals surface area (Å²) in [6, 6.07) is 61.4. The molecule has 9 aromatic carbocycles. The Bertz CT molecular complexity index is 2780. The molecule has 0 saturated carbocycles. The normalized spacial score (nSPS) is 11.8. The van der Waals surface area contributed by atoms with Gasteiger partial charge in [0.05, 0.1) is 0 Å². The molecule has 0 aliphatic rings. The number of hydrogen-bond acceptors (Lipinski definition) is 1. The second-order valence-electron chi connectivity index (χ2n) is 12.4. The average Bonchev–Trinajstić information content (AvgIpc) is 3.53. The third kappa shape index (κ3) is 3.90. The van der Waals surface area contributed by atoms with Crippen molar-refractivity contribution in [3.8, 4) is 33.4 Å². The topological polar surface area (TPSA) is 13.1 Å². The third-order valence-corrected chi connectivity index (χ3v) is 9.85. The molecule has 0 spiro atoms. The number of fused-ring (bicyclic) bond motifs is 9. The van der Waals surface area contributed by atoms with E-state index in [4.69, 9.17) is 4.42 Å². The number of rotatable bonds is 3. The van der Waals surface area contributed by atoms with Crippen LogP contribution in [0.25, 0.3) is 98.4 Å². The molecule has 1 nitrogen and oxygen atoms in total. The zero-order valence-corrected chi connectivity index (χ0v) is 25.6. The van der Waals surface area contributed by atoms with Gasteiger partial charge in [-0.3, -0.25) is 0 Å². The minimum atomic E-state index is 0. The monoisotopic (exact) mass is 600 g/mol. The molecule has 0 aliphatic heterocycles. The summed E-state index contributed by atoms with van der Waals surface area (Å²) in [6.45, 7) is 0. The van der Waals surface area contributed by atoms with Gasteiger partial charge >= 0.3 is 0 Å². The number of benzene rings is 9. The number of furan rings is 1. The Balaban J connectivity index is 0.00000174. The van der Waals surface area contributed by atoms with Crippen molar-refractivity contribution in [2.75, 3.05) is 0 Å². The van der Waals surface area contributed by atoms with E-state index in [9.17, 15) is 0 Å². The van der Waals surface area contributed by atoms with Crippen LogP contribution in [-0.4, -0.2) is 0 Å². The lowest BCUT2D eigenvalue weighted by Gasteiger charge is -2.18. The van der Waals surface area contributed by atoms with Crippen molar-refractivity contribution in [1.82, 2.24) is 0 Å². The molecule has 0 N–H and O–H groups in total. The molecule has 0 fully saturated rings. The van der Waals surface area contributed by atoms with Crippen molar-refractivity contribution in [1.29, 1.82) is 0 Å². The van der Waals surface area contributed by atoms with Crippen LogP contribution in [-0.2, 0) is 0 Å². The molecule has 0 atom stereocenters. The van der Waals surface area contributed by atoms with Crippen LogP contribution >= 0.6 is 0 Å². The van der Waals surface area contributed by atoms with Crippen molar-refractivity contribution in [2.45, 2.75) is 0 Å². The Labute approximate surface area is 274 Å². The van der Waals surface area contributed by atoms with Crippen LogP contribution in [0.5, 0.6) is 0 Å². The van der Waals surface area contributed by atoms with Gasteiger partial charge in [-0.25, -0.2) is 0 Å². The summed E-state index contributed by atoms with van der Waals surface area (Å²) in [5.74, 6) is 0. The van der Waals surface area contributed by atoms with E-state index < -0.39 is 0 Å². The molecular formula is C46H32O. The van der Waals surface area contributed by atoms with Crippen LogP contribution in [0.3, 0.4) is 0 Å². The summed E-state index contributed by atoms with van der Waals surface area (Å²) < 4.78 is 6.57. The first-order valence-electron chi connectivity index (χ1n) is 16.2. The van der Waals surface area contributed by atoms with Crippen LogP contribution in [0, 0.1) is 0 Å². The molecule has 0 radical (unpaired) electrons. The molecule has 1 heterocycles. The zero-order valence-electron chi connectivity index (χ0n) is 25.6. The fraction of sp³-hybridized carbons (Fsp3) is 0. The van der Waals surface area contributed by atoms with Gasteiger partial charge in [-0.1, -0.05) is 158 Å². The molecule has 1 heteroatoms. The Morgan fingerprint density at radius 3 is 1.43 bits per heavy atom. The van der Waals surface area contributed by atoms with Crippen LogP contribution in [0.15, 0.2) is 174 Å². The van der Waals surface area contributed by atoms with Gasteiger partial charge in [0.1, 0.15) is 11.2 Å². The molecule has 0 amide bonds. The molecule has 10 aromatic rings. The molecule has 0 aliphatic carbocycles. The largest absolute Gasteiger partial charge is 0.456 e. The van der Waals surface area contributed by atoms with E-state index in [1.807, 2.05) is 0 Å². The Kier molecular flexibility index (Phi) is 5.64. The predicted molar refractivity (Wildman–Crippen MR) is 204 cm³/mol. The summed E-state index contributed by atoms with van der Waals surface area (Å²) in [5.41, 5.74) is 9.20. The number of hydrogen-bond donors (Lipinski definition) is 0. The predicted octanol–water partition coefficient (Wildman–Crippen LogP) is 13.7. The highest BCUT2D eigenvalue weighted by atomic mass is 16.3. The average molecular weight is 601 g/mol. The Hall–Kier alpha value is -6.18. The molecule has 0 unspecified atom stereocenters. The minimum Gasteiger partial charge on any atom is -0.456 e. The van der Waals surface area contributed by atoms with Crippen LogP contribution < -0.4 is 0 Å².